The predicted molar refractivity (Wildman–Crippen MR) is 103 cm³/mol. The number of thiazole rings is 1. The van der Waals surface area contributed by atoms with Crippen molar-refractivity contribution in [3.05, 3.63) is 70.2 Å². The molecule has 1 amide bonds. The lowest BCUT2D eigenvalue weighted by Gasteiger charge is -2.24. The smallest absolute Gasteiger partial charge is 0.265 e. The second-order valence-corrected chi connectivity index (χ2v) is 7.65. The molecular formula is C19H15ClFN3O2S. The fourth-order valence-electron chi connectivity index (χ4n) is 2.41. The van der Waals surface area contributed by atoms with Gasteiger partial charge in [0.05, 0.1) is 5.54 Å². The second-order valence-electron chi connectivity index (χ2n) is 6.30. The lowest BCUT2D eigenvalue weighted by Crippen LogP contribution is -2.49. The largest absolute Gasteiger partial charge is 0.339 e. The van der Waals surface area contributed by atoms with E-state index in [9.17, 15) is 14.0 Å². The van der Waals surface area contributed by atoms with Gasteiger partial charge in [-0.3, -0.25) is 14.6 Å². The van der Waals surface area contributed by atoms with Crippen molar-refractivity contribution in [1.82, 2.24) is 15.3 Å². The standard InChI is InChI=1S/C19H15ClFN3O2S/c1-19(2,15(25)11-5-7-13(21)8-6-11)24-17(26)14-16(20)23-18(27-14)12-4-3-9-22-10-12/h3-10H,1-2H3,(H,24,26). The van der Waals surface area contributed by atoms with Gasteiger partial charge in [0.25, 0.3) is 5.91 Å². The van der Waals surface area contributed by atoms with E-state index in [-0.39, 0.29) is 15.8 Å². The number of carbonyl (C=O) groups excluding carboxylic acids is 2. The molecule has 0 aliphatic heterocycles. The fraction of sp³-hybridized carbons (Fsp3) is 0.158. The van der Waals surface area contributed by atoms with Gasteiger partial charge in [-0.1, -0.05) is 11.6 Å². The SMILES string of the molecule is CC(C)(NC(=O)c1sc(-c2cccnc2)nc1Cl)C(=O)c1ccc(F)cc1. The molecule has 0 bridgehead atoms. The highest BCUT2D eigenvalue weighted by Gasteiger charge is 2.32. The molecule has 0 atom stereocenters. The van der Waals surface area contributed by atoms with E-state index in [0.29, 0.717) is 10.6 Å². The summed E-state index contributed by atoms with van der Waals surface area (Å²) in [6.45, 7) is 3.15. The first-order valence-electron chi connectivity index (χ1n) is 7.97. The van der Waals surface area contributed by atoms with E-state index in [1.54, 1.807) is 32.3 Å². The van der Waals surface area contributed by atoms with Crippen LogP contribution >= 0.6 is 22.9 Å². The minimum atomic E-state index is -1.21. The van der Waals surface area contributed by atoms with Crippen molar-refractivity contribution in [2.24, 2.45) is 0 Å². The van der Waals surface area contributed by atoms with Crippen LogP contribution in [0.2, 0.25) is 5.15 Å². The topological polar surface area (TPSA) is 72.0 Å². The number of nitrogens with one attached hydrogen (secondary N) is 1. The number of carbonyl (C=O) groups is 2. The first-order chi connectivity index (χ1) is 12.8. The maximum Gasteiger partial charge on any atom is 0.265 e. The van der Waals surface area contributed by atoms with Crippen molar-refractivity contribution in [2.45, 2.75) is 19.4 Å². The van der Waals surface area contributed by atoms with Crippen LogP contribution in [0.4, 0.5) is 4.39 Å². The van der Waals surface area contributed by atoms with E-state index < -0.39 is 17.3 Å². The van der Waals surface area contributed by atoms with Crippen molar-refractivity contribution in [1.29, 1.82) is 0 Å². The molecule has 0 saturated carbocycles. The molecule has 2 aromatic heterocycles. The van der Waals surface area contributed by atoms with Gasteiger partial charge in [0.15, 0.2) is 10.9 Å². The van der Waals surface area contributed by atoms with Gasteiger partial charge >= 0.3 is 0 Å². The second kappa shape index (κ2) is 7.54. The Morgan fingerprint density at radius 1 is 1.19 bits per heavy atom. The van der Waals surface area contributed by atoms with E-state index >= 15 is 0 Å². The minimum Gasteiger partial charge on any atom is -0.339 e. The molecule has 3 rings (SSSR count). The van der Waals surface area contributed by atoms with E-state index in [4.69, 9.17) is 11.6 Å². The van der Waals surface area contributed by atoms with Crippen LogP contribution in [0.15, 0.2) is 48.8 Å². The summed E-state index contributed by atoms with van der Waals surface area (Å²) in [5.41, 5.74) is -0.172. The molecular weight excluding hydrogens is 389 g/mol. The Morgan fingerprint density at radius 2 is 1.89 bits per heavy atom. The van der Waals surface area contributed by atoms with Crippen LogP contribution in [0.1, 0.15) is 33.9 Å². The van der Waals surface area contributed by atoms with E-state index in [1.165, 1.54) is 24.3 Å². The highest BCUT2D eigenvalue weighted by atomic mass is 35.5. The number of Topliss-reactive ketones (excluding diaryl/α,β-unsaturated/α-hetero) is 1. The number of aromatic nitrogens is 2. The van der Waals surface area contributed by atoms with Gasteiger partial charge in [-0.05, 0) is 50.2 Å². The third kappa shape index (κ3) is 4.20. The normalized spacial score (nSPS) is 11.3. The maximum atomic E-state index is 13.1. The summed E-state index contributed by atoms with van der Waals surface area (Å²) in [6.07, 6.45) is 3.26. The highest BCUT2D eigenvalue weighted by Crippen LogP contribution is 2.30. The summed E-state index contributed by atoms with van der Waals surface area (Å²) in [6, 6.07) is 8.73. The van der Waals surface area contributed by atoms with Crippen molar-refractivity contribution < 1.29 is 14.0 Å². The fourth-order valence-corrected chi connectivity index (χ4v) is 3.59. The zero-order valence-corrected chi connectivity index (χ0v) is 16.1. The molecule has 1 N–H and O–H groups in total. The monoisotopic (exact) mass is 403 g/mol. The van der Waals surface area contributed by atoms with Gasteiger partial charge in [0.1, 0.15) is 15.7 Å². The summed E-state index contributed by atoms with van der Waals surface area (Å²) >= 11 is 7.24. The lowest BCUT2D eigenvalue weighted by atomic mass is 9.93. The minimum absolute atomic E-state index is 0.0568. The van der Waals surface area contributed by atoms with Gasteiger partial charge in [0.2, 0.25) is 0 Å². The number of hydrogen-bond acceptors (Lipinski definition) is 5. The van der Waals surface area contributed by atoms with Crippen LogP contribution in [-0.4, -0.2) is 27.2 Å². The molecule has 5 nitrogen and oxygen atoms in total. The molecule has 2 heterocycles. The summed E-state index contributed by atoms with van der Waals surface area (Å²) in [5.74, 6) is -1.29. The zero-order chi connectivity index (χ0) is 19.6. The van der Waals surface area contributed by atoms with Gasteiger partial charge in [-0.15, -0.1) is 11.3 Å². The Kier molecular flexibility index (Phi) is 5.34. The van der Waals surface area contributed by atoms with Crippen molar-refractivity contribution in [3.8, 4) is 10.6 Å². The molecule has 8 heteroatoms. The van der Waals surface area contributed by atoms with Crippen LogP contribution in [0, 0.1) is 5.82 Å². The molecule has 0 aliphatic rings. The summed E-state index contributed by atoms with van der Waals surface area (Å²) < 4.78 is 13.1. The molecule has 0 spiro atoms. The average molecular weight is 404 g/mol. The number of benzene rings is 1. The van der Waals surface area contributed by atoms with Crippen LogP contribution in [0.25, 0.3) is 10.6 Å². The number of rotatable bonds is 5. The maximum absolute atomic E-state index is 13.1. The molecule has 0 radical (unpaired) electrons. The number of hydrogen-bond donors (Lipinski definition) is 1. The Bertz CT molecular complexity index is 988. The quantitative estimate of drug-likeness (QED) is 0.641. The van der Waals surface area contributed by atoms with E-state index in [2.05, 4.69) is 15.3 Å². The van der Waals surface area contributed by atoms with Crippen molar-refractivity contribution in [3.63, 3.8) is 0 Å². The Morgan fingerprint density at radius 3 is 2.52 bits per heavy atom. The van der Waals surface area contributed by atoms with E-state index in [1.807, 2.05) is 6.07 Å². The van der Waals surface area contributed by atoms with Crippen LogP contribution in [-0.2, 0) is 0 Å². The molecule has 0 aliphatic carbocycles. The van der Waals surface area contributed by atoms with Crippen molar-refractivity contribution in [2.75, 3.05) is 0 Å². The first kappa shape index (κ1) is 19.1. The first-order valence-corrected chi connectivity index (χ1v) is 9.17. The number of amides is 1. The molecule has 0 unspecified atom stereocenters. The average Bonchev–Trinajstić information content (AvgIpc) is 3.04. The number of halogens is 2. The van der Waals surface area contributed by atoms with Gasteiger partial charge < -0.3 is 5.32 Å². The van der Waals surface area contributed by atoms with Gasteiger partial charge in [-0.2, -0.15) is 0 Å². The summed E-state index contributed by atoms with van der Waals surface area (Å²) in [7, 11) is 0. The number of nitrogens with zero attached hydrogens (tertiary/aromatic N) is 2. The van der Waals surface area contributed by atoms with Crippen LogP contribution in [0.5, 0.6) is 0 Å². The number of ketones is 1. The highest BCUT2D eigenvalue weighted by molar-refractivity contribution is 7.17. The van der Waals surface area contributed by atoms with Gasteiger partial charge in [0, 0.05) is 23.5 Å². The molecule has 138 valence electrons. The summed E-state index contributed by atoms with van der Waals surface area (Å²) in [5, 5.41) is 3.29. The number of pyridine rings is 1. The third-order valence-corrected chi connectivity index (χ3v) is 5.29. The zero-order valence-electron chi connectivity index (χ0n) is 14.5. The van der Waals surface area contributed by atoms with Gasteiger partial charge in [-0.25, -0.2) is 9.37 Å². The molecule has 3 aromatic rings. The van der Waals surface area contributed by atoms with Crippen molar-refractivity contribution >= 4 is 34.6 Å². The molecule has 0 saturated heterocycles. The molecule has 0 fully saturated rings. The lowest BCUT2D eigenvalue weighted by molar-refractivity contribution is 0.0800. The predicted octanol–water partition coefficient (Wildman–Crippen LogP) is 4.39. The third-order valence-electron chi connectivity index (χ3n) is 3.80. The summed E-state index contributed by atoms with van der Waals surface area (Å²) in [4.78, 5) is 33.8. The van der Waals surface area contributed by atoms with Crippen LogP contribution in [0.3, 0.4) is 0 Å². The van der Waals surface area contributed by atoms with E-state index in [0.717, 1.165) is 16.9 Å². The Labute approximate surface area is 164 Å². The van der Waals surface area contributed by atoms with Crippen LogP contribution < -0.4 is 5.32 Å². The Balaban J connectivity index is 1.81. The Hall–Kier alpha value is -2.64. The molecule has 27 heavy (non-hydrogen) atoms. The molecule has 1 aromatic carbocycles.